The summed E-state index contributed by atoms with van der Waals surface area (Å²) in [5, 5.41) is 2.15. The standard InChI is InChI=1S/C12H18FNO2S/c1-9(2)17(15,16)12-7-5-4-6-10(12)11(13)8-14-3/h4-7,9,11,14H,8H2,1-3H3. The molecule has 0 heterocycles. The van der Waals surface area contributed by atoms with Crippen LogP contribution in [-0.4, -0.2) is 27.3 Å². The summed E-state index contributed by atoms with van der Waals surface area (Å²) in [6, 6.07) is 6.26. The Labute approximate surface area is 102 Å². The summed E-state index contributed by atoms with van der Waals surface area (Å²) in [7, 11) is -1.81. The van der Waals surface area contributed by atoms with Crippen LogP contribution in [0.2, 0.25) is 0 Å². The zero-order chi connectivity index (χ0) is 13.1. The number of halogens is 1. The molecule has 0 aliphatic rings. The number of hydrogen-bond donors (Lipinski definition) is 1. The molecule has 0 spiro atoms. The second-order valence-corrected chi connectivity index (χ2v) is 6.63. The second-order valence-electron chi connectivity index (χ2n) is 4.16. The van der Waals surface area contributed by atoms with Gasteiger partial charge in [0.2, 0.25) is 0 Å². The van der Waals surface area contributed by atoms with Gasteiger partial charge < -0.3 is 5.32 Å². The van der Waals surface area contributed by atoms with Gasteiger partial charge in [0.05, 0.1) is 10.1 Å². The van der Waals surface area contributed by atoms with Gasteiger partial charge in [-0.05, 0) is 27.0 Å². The Morgan fingerprint density at radius 1 is 1.29 bits per heavy atom. The number of likely N-dealkylation sites (N-methyl/N-ethyl adjacent to an activating group) is 1. The van der Waals surface area contributed by atoms with Gasteiger partial charge in [0, 0.05) is 12.1 Å². The molecule has 3 nitrogen and oxygen atoms in total. The summed E-state index contributed by atoms with van der Waals surface area (Å²) in [5.74, 6) is 0. The van der Waals surface area contributed by atoms with Gasteiger partial charge in [-0.25, -0.2) is 12.8 Å². The Bertz CT molecular complexity index is 471. The predicted octanol–water partition coefficient (Wildman–Crippen LogP) is 2.10. The van der Waals surface area contributed by atoms with Crippen molar-refractivity contribution in [2.45, 2.75) is 30.2 Å². The van der Waals surface area contributed by atoms with Crippen molar-refractivity contribution < 1.29 is 12.8 Å². The second kappa shape index (κ2) is 5.60. The summed E-state index contributed by atoms with van der Waals surface area (Å²) >= 11 is 0. The third-order valence-electron chi connectivity index (χ3n) is 2.57. The fourth-order valence-electron chi connectivity index (χ4n) is 1.54. The number of hydrogen-bond acceptors (Lipinski definition) is 3. The van der Waals surface area contributed by atoms with Crippen LogP contribution in [0.5, 0.6) is 0 Å². The molecular weight excluding hydrogens is 241 g/mol. The highest BCUT2D eigenvalue weighted by Gasteiger charge is 2.25. The van der Waals surface area contributed by atoms with Crippen molar-refractivity contribution in [1.82, 2.24) is 5.32 Å². The fourth-order valence-corrected chi connectivity index (χ4v) is 2.84. The maximum Gasteiger partial charge on any atom is 0.181 e. The average Bonchev–Trinajstić information content (AvgIpc) is 2.29. The van der Waals surface area contributed by atoms with Crippen molar-refractivity contribution >= 4 is 9.84 Å². The molecule has 0 aromatic heterocycles. The predicted molar refractivity (Wildman–Crippen MR) is 66.5 cm³/mol. The molecule has 0 aliphatic carbocycles. The van der Waals surface area contributed by atoms with Gasteiger partial charge in [-0.3, -0.25) is 0 Å². The van der Waals surface area contributed by atoms with Gasteiger partial charge in [-0.15, -0.1) is 0 Å². The van der Waals surface area contributed by atoms with Crippen LogP contribution in [-0.2, 0) is 9.84 Å². The average molecular weight is 259 g/mol. The number of sulfone groups is 1. The van der Waals surface area contributed by atoms with E-state index >= 15 is 0 Å². The van der Waals surface area contributed by atoms with Gasteiger partial charge in [0.1, 0.15) is 6.17 Å². The lowest BCUT2D eigenvalue weighted by molar-refractivity contribution is 0.330. The zero-order valence-corrected chi connectivity index (χ0v) is 11.1. The summed E-state index contributed by atoms with van der Waals surface area (Å²) in [6.45, 7) is 3.29. The molecule has 0 aliphatic heterocycles. The molecule has 1 rings (SSSR count). The Morgan fingerprint density at radius 3 is 2.41 bits per heavy atom. The van der Waals surface area contributed by atoms with E-state index in [1.165, 1.54) is 12.1 Å². The van der Waals surface area contributed by atoms with Crippen LogP contribution in [0.25, 0.3) is 0 Å². The Balaban J connectivity index is 3.26. The Kier molecular flexibility index (Phi) is 4.65. The first-order valence-corrected chi connectivity index (χ1v) is 7.07. The smallest absolute Gasteiger partial charge is 0.181 e. The number of rotatable bonds is 5. The minimum Gasteiger partial charge on any atom is -0.317 e. The van der Waals surface area contributed by atoms with Crippen LogP contribution in [0.3, 0.4) is 0 Å². The van der Waals surface area contributed by atoms with Crippen molar-refractivity contribution in [2.75, 3.05) is 13.6 Å². The van der Waals surface area contributed by atoms with Gasteiger partial charge in [0.15, 0.2) is 9.84 Å². The minimum absolute atomic E-state index is 0.0951. The molecule has 1 N–H and O–H groups in total. The molecule has 5 heteroatoms. The van der Waals surface area contributed by atoms with E-state index in [9.17, 15) is 12.8 Å². The first kappa shape index (κ1) is 14.1. The van der Waals surface area contributed by atoms with E-state index in [0.717, 1.165) is 0 Å². The van der Waals surface area contributed by atoms with Crippen LogP contribution in [0, 0.1) is 0 Å². The first-order chi connectivity index (χ1) is 7.91. The van der Waals surface area contributed by atoms with Crippen LogP contribution >= 0.6 is 0 Å². The zero-order valence-electron chi connectivity index (χ0n) is 10.3. The largest absolute Gasteiger partial charge is 0.317 e. The van der Waals surface area contributed by atoms with Crippen molar-refractivity contribution in [3.63, 3.8) is 0 Å². The summed E-state index contributed by atoms with van der Waals surface area (Å²) in [4.78, 5) is 0.0951. The molecule has 0 amide bonds. The molecule has 0 saturated carbocycles. The maximum absolute atomic E-state index is 13.9. The summed E-state index contributed by atoms with van der Waals surface area (Å²) in [5.41, 5.74) is 0.232. The molecular formula is C12H18FNO2S. The monoisotopic (exact) mass is 259 g/mol. The number of benzene rings is 1. The lowest BCUT2D eigenvalue weighted by Gasteiger charge is -2.15. The van der Waals surface area contributed by atoms with Gasteiger partial charge >= 0.3 is 0 Å². The van der Waals surface area contributed by atoms with Crippen molar-refractivity contribution in [3.8, 4) is 0 Å². The molecule has 96 valence electrons. The molecule has 1 atom stereocenters. The van der Waals surface area contributed by atoms with Crippen LogP contribution in [0.4, 0.5) is 4.39 Å². The maximum atomic E-state index is 13.9. The lowest BCUT2D eigenvalue weighted by Crippen LogP contribution is -2.20. The highest BCUT2D eigenvalue weighted by Crippen LogP contribution is 2.27. The van der Waals surface area contributed by atoms with Crippen molar-refractivity contribution in [1.29, 1.82) is 0 Å². The van der Waals surface area contributed by atoms with Gasteiger partial charge in [0.25, 0.3) is 0 Å². The lowest BCUT2D eigenvalue weighted by atomic mass is 10.1. The van der Waals surface area contributed by atoms with E-state index in [2.05, 4.69) is 5.32 Å². The van der Waals surface area contributed by atoms with Crippen LogP contribution < -0.4 is 5.32 Å². The summed E-state index contributed by atoms with van der Waals surface area (Å²) < 4.78 is 38.0. The molecule has 1 aromatic rings. The van der Waals surface area contributed by atoms with Gasteiger partial charge in [-0.2, -0.15) is 0 Å². The third-order valence-corrected chi connectivity index (χ3v) is 4.79. The van der Waals surface area contributed by atoms with Crippen molar-refractivity contribution in [2.24, 2.45) is 0 Å². The van der Waals surface area contributed by atoms with E-state index in [1.807, 2.05) is 0 Å². The molecule has 0 bridgehead atoms. The quantitative estimate of drug-likeness (QED) is 0.881. The summed E-state index contributed by atoms with van der Waals surface area (Å²) in [6.07, 6.45) is -1.32. The number of alkyl halides is 1. The third kappa shape index (κ3) is 3.04. The van der Waals surface area contributed by atoms with Gasteiger partial charge in [-0.1, -0.05) is 18.2 Å². The SMILES string of the molecule is CNCC(F)c1ccccc1S(=O)(=O)C(C)C. The topological polar surface area (TPSA) is 46.2 Å². The molecule has 0 radical (unpaired) electrons. The van der Waals surface area contributed by atoms with E-state index in [0.29, 0.717) is 0 Å². The first-order valence-electron chi connectivity index (χ1n) is 5.52. The van der Waals surface area contributed by atoms with Crippen molar-refractivity contribution in [3.05, 3.63) is 29.8 Å². The van der Waals surface area contributed by atoms with E-state index in [-0.39, 0.29) is 17.0 Å². The van der Waals surface area contributed by atoms with Crippen LogP contribution in [0.1, 0.15) is 25.6 Å². The van der Waals surface area contributed by atoms with E-state index < -0.39 is 21.3 Å². The minimum atomic E-state index is -3.44. The molecule has 1 unspecified atom stereocenters. The Morgan fingerprint density at radius 2 is 1.88 bits per heavy atom. The highest BCUT2D eigenvalue weighted by molar-refractivity contribution is 7.92. The molecule has 1 aromatic carbocycles. The van der Waals surface area contributed by atoms with E-state index in [4.69, 9.17) is 0 Å². The highest BCUT2D eigenvalue weighted by atomic mass is 32.2. The number of nitrogens with one attached hydrogen (secondary N) is 1. The molecule has 17 heavy (non-hydrogen) atoms. The Hall–Kier alpha value is -0.940. The molecule has 0 fully saturated rings. The fraction of sp³-hybridized carbons (Fsp3) is 0.500. The van der Waals surface area contributed by atoms with E-state index in [1.54, 1.807) is 33.0 Å². The molecule has 0 saturated heterocycles. The normalized spacial score (nSPS) is 13.9. The van der Waals surface area contributed by atoms with Crippen LogP contribution in [0.15, 0.2) is 29.2 Å².